The van der Waals surface area contributed by atoms with Gasteiger partial charge >= 0.3 is 0 Å². The molecule has 0 aromatic carbocycles. The largest absolute Gasteiger partial charge is 0.297 e. The number of rotatable bonds is 4. The summed E-state index contributed by atoms with van der Waals surface area (Å²) in [6.45, 7) is 8.92. The first-order chi connectivity index (χ1) is 6.19. The lowest BCUT2D eigenvalue weighted by Crippen LogP contribution is -2.25. The molecule has 1 nitrogen and oxygen atoms in total. The van der Waals surface area contributed by atoms with Crippen LogP contribution in [0.2, 0.25) is 0 Å². The van der Waals surface area contributed by atoms with Gasteiger partial charge in [-0.15, -0.1) is 11.3 Å². The molecule has 74 valence electrons. The first-order valence-corrected chi connectivity index (χ1v) is 6.34. The smallest absolute Gasteiger partial charge is 0.0701 e. The minimum absolute atomic E-state index is 0.539. The zero-order valence-corrected chi connectivity index (χ0v) is 10.8. The maximum absolute atomic E-state index is 3.49. The summed E-state index contributed by atoms with van der Waals surface area (Å²) >= 11 is 5.25. The third-order valence-corrected chi connectivity index (χ3v) is 3.95. The quantitative estimate of drug-likeness (QED) is 0.795. The van der Waals surface area contributed by atoms with Crippen LogP contribution in [-0.2, 0) is 0 Å². The van der Waals surface area contributed by atoms with E-state index < -0.39 is 0 Å². The Morgan fingerprint density at radius 2 is 2.08 bits per heavy atom. The molecule has 0 aliphatic carbocycles. The van der Waals surface area contributed by atoms with Crippen molar-refractivity contribution in [3.05, 3.63) is 20.8 Å². The van der Waals surface area contributed by atoms with Crippen LogP contribution in [0.1, 0.15) is 32.4 Å². The fourth-order valence-corrected chi connectivity index (χ4v) is 2.79. The molecule has 1 unspecified atom stereocenters. The van der Waals surface area contributed by atoms with Crippen molar-refractivity contribution in [2.75, 3.05) is 13.1 Å². The molecule has 3 heteroatoms. The van der Waals surface area contributed by atoms with E-state index in [0.29, 0.717) is 6.04 Å². The molecule has 1 rings (SSSR count). The van der Waals surface area contributed by atoms with Crippen molar-refractivity contribution in [1.29, 1.82) is 0 Å². The number of nitrogens with zero attached hydrogens (tertiary/aromatic N) is 1. The molecule has 0 saturated carbocycles. The van der Waals surface area contributed by atoms with E-state index in [2.05, 4.69) is 53.0 Å². The van der Waals surface area contributed by atoms with Gasteiger partial charge in [-0.1, -0.05) is 13.8 Å². The molecule has 0 radical (unpaired) electrons. The standard InChI is InChI=1S/C10H16BrNS/c1-4-12(5-2)8(3)9-6-10(11)13-7-9/h6-8H,4-5H2,1-3H3. The second kappa shape index (κ2) is 5.13. The van der Waals surface area contributed by atoms with Crippen molar-refractivity contribution in [3.63, 3.8) is 0 Å². The van der Waals surface area contributed by atoms with Crippen LogP contribution >= 0.6 is 27.3 Å². The van der Waals surface area contributed by atoms with E-state index in [1.54, 1.807) is 11.3 Å². The van der Waals surface area contributed by atoms with Gasteiger partial charge in [0.25, 0.3) is 0 Å². The van der Waals surface area contributed by atoms with Crippen LogP contribution in [0.25, 0.3) is 0 Å². The molecule has 1 aromatic heterocycles. The summed E-state index contributed by atoms with van der Waals surface area (Å²) in [4.78, 5) is 2.45. The molecule has 0 aliphatic heterocycles. The normalized spacial score (nSPS) is 13.6. The predicted octanol–water partition coefficient (Wildman–Crippen LogP) is 3.91. The van der Waals surface area contributed by atoms with E-state index in [4.69, 9.17) is 0 Å². The molecule has 1 atom stereocenters. The monoisotopic (exact) mass is 261 g/mol. The van der Waals surface area contributed by atoms with Gasteiger partial charge in [0.05, 0.1) is 3.79 Å². The molecule has 0 saturated heterocycles. The van der Waals surface area contributed by atoms with E-state index in [-0.39, 0.29) is 0 Å². The summed E-state index contributed by atoms with van der Waals surface area (Å²) in [5.74, 6) is 0. The Hall–Kier alpha value is 0.140. The molecular formula is C10H16BrNS. The van der Waals surface area contributed by atoms with Crippen LogP contribution in [0.4, 0.5) is 0 Å². The summed E-state index contributed by atoms with van der Waals surface area (Å²) < 4.78 is 1.22. The van der Waals surface area contributed by atoms with Crippen molar-refractivity contribution in [2.24, 2.45) is 0 Å². The molecule has 0 spiro atoms. The van der Waals surface area contributed by atoms with Crippen LogP contribution in [0.15, 0.2) is 15.2 Å². The third-order valence-electron chi connectivity index (χ3n) is 2.43. The summed E-state index contributed by atoms with van der Waals surface area (Å²) in [7, 11) is 0. The Morgan fingerprint density at radius 1 is 1.46 bits per heavy atom. The predicted molar refractivity (Wildman–Crippen MR) is 63.4 cm³/mol. The van der Waals surface area contributed by atoms with Crippen molar-refractivity contribution in [3.8, 4) is 0 Å². The molecule has 0 aliphatic rings. The molecule has 0 bridgehead atoms. The Labute approximate surface area is 92.9 Å². The second-order valence-electron chi connectivity index (χ2n) is 3.08. The van der Waals surface area contributed by atoms with Gasteiger partial charge in [0, 0.05) is 6.04 Å². The Bertz CT molecular complexity index is 255. The Kier molecular flexibility index (Phi) is 4.42. The molecule has 0 N–H and O–H groups in total. The second-order valence-corrected chi connectivity index (χ2v) is 5.37. The van der Waals surface area contributed by atoms with E-state index in [9.17, 15) is 0 Å². The average Bonchev–Trinajstić information content (AvgIpc) is 2.54. The molecule has 1 heterocycles. The lowest BCUT2D eigenvalue weighted by atomic mass is 10.1. The zero-order chi connectivity index (χ0) is 9.84. The average molecular weight is 262 g/mol. The maximum atomic E-state index is 3.49. The highest BCUT2D eigenvalue weighted by atomic mass is 79.9. The van der Waals surface area contributed by atoms with Crippen LogP contribution in [0, 0.1) is 0 Å². The van der Waals surface area contributed by atoms with Crippen LogP contribution in [-0.4, -0.2) is 18.0 Å². The fraction of sp³-hybridized carbons (Fsp3) is 0.600. The Balaban J connectivity index is 2.71. The van der Waals surface area contributed by atoms with Crippen molar-refractivity contribution in [2.45, 2.75) is 26.8 Å². The van der Waals surface area contributed by atoms with E-state index in [1.165, 1.54) is 9.35 Å². The molecular weight excluding hydrogens is 246 g/mol. The van der Waals surface area contributed by atoms with Gasteiger partial charge in [0.1, 0.15) is 0 Å². The SMILES string of the molecule is CCN(CC)C(C)c1csc(Br)c1. The summed E-state index contributed by atoms with van der Waals surface area (Å²) in [6, 6.07) is 2.76. The van der Waals surface area contributed by atoms with Gasteiger partial charge < -0.3 is 0 Å². The van der Waals surface area contributed by atoms with Crippen LogP contribution in [0.3, 0.4) is 0 Å². The van der Waals surface area contributed by atoms with Gasteiger partial charge in [-0.05, 0) is 53.0 Å². The number of halogens is 1. The fourth-order valence-electron chi connectivity index (χ4n) is 1.52. The van der Waals surface area contributed by atoms with Gasteiger partial charge in [-0.3, -0.25) is 4.90 Å². The van der Waals surface area contributed by atoms with Gasteiger partial charge in [0.2, 0.25) is 0 Å². The maximum Gasteiger partial charge on any atom is 0.0701 e. The molecule has 0 fully saturated rings. The van der Waals surface area contributed by atoms with Crippen LogP contribution < -0.4 is 0 Å². The van der Waals surface area contributed by atoms with Crippen molar-refractivity contribution >= 4 is 27.3 Å². The highest BCUT2D eigenvalue weighted by Gasteiger charge is 2.13. The summed E-state index contributed by atoms with van der Waals surface area (Å²) in [5, 5.41) is 2.23. The minimum atomic E-state index is 0.539. The minimum Gasteiger partial charge on any atom is -0.297 e. The van der Waals surface area contributed by atoms with E-state index in [0.717, 1.165) is 13.1 Å². The Morgan fingerprint density at radius 3 is 2.46 bits per heavy atom. The molecule has 13 heavy (non-hydrogen) atoms. The van der Waals surface area contributed by atoms with E-state index >= 15 is 0 Å². The highest BCUT2D eigenvalue weighted by Crippen LogP contribution is 2.28. The zero-order valence-electron chi connectivity index (χ0n) is 8.38. The highest BCUT2D eigenvalue weighted by molar-refractivity contribution is 9.11. The van der Waals surface area contributed by atoms with Crippen molar-refractivity contribution < 1.29 is 0 Å². The summed E-state index contributed by atoms with van der Waals surface area (Å²) in [5.41, 5.74) is 1.42. The number of hydrogen-bond acceptors (Lipinski definition) is 2. The molecule has 1 aromatic rings. The topological polar surface area (TPSA) is 3.24 Å². The van der Waals surface area contributed by atoms with Gasteiger partial charge in [0.15, 0.2) is 0 Å². The number of hydrogen-bond donors (Lipinski definition) is 0. The van der Waals surface area contributed by atoms with Gasteiger partial charge in [-0.2, -0.15) is 0 Å². The lowest BCUT2D eigenvalue weighted by molar-refractivity contribution is 0.235. The summed E-state index contributed by atoms with van der Waals surface area (Å²) in [6.07, 6.45) is 0. The first kappa shape index (κ1) is 11.2. The lowest BCUT2D eigenvalue weighted by Gasteiger charge is -2.25. The van der Waals surface area contributed by atoms with E-state index in [1.807, 2.05) is 0 Å². The van der Waals surface area contributed by atoms with Crippen LogP contribution in [0.5, 0.6) is 0 Å². The third kappa shape index (κ3) is 2.79. The van der Waals surface area contributed by atoms with Crippen molar-refractivity contribution in [1.82, 2.24) is 4.90 Å². The molecule has 0 amide bonds. The first-order valence-electron chi connectivity index (χ1n) is 4.67. The van der Waals surface area contributed by atoms with Gasteiger partial charge in [-0.25, -0.2) is 0 Å². The number of thiophene rings is 1.